The highest BCUT2D eigenvalue weighted by molar-refractivity contribution is 6.00. The molecule has 1 saturated heterocycles. The molecule has 2 atom stereocenters. The Morgan fingerprint density at radius 2 is 1.83 bits per heavy atom. The van der Waals surface area contributed by atoms with Crippen molar-refractivity contribution in [2.24, 2.45) is 0 Å². The van der Waals surface area contributed by atoms with E-state index < -0.39 is 29.7 Å². The maximum Gasteiger partial charge on any atom is 0.315 e. The van der Waals surface area contributed by atoms with E-state index in [0.29, 0.717) is 24.2 Å². The van der Waals surface area contributed by atoms with Crippen molar-refractivity contribution < 1.29 is 23.5 Å². The van der Waals surface area contributed by atoms with Crippen LogP contribution >= 0.6 is 0 Å². The number of amides is 2. The maximum atomic E-state index is 13.5. The van der Waals surface area contributed by atoms with Crippen molar-refractivity contribution in [3.63, 3.8) is 0 Å². The lowest BCUT2D eigenvalue weighted by Crippen LogP contribution is -2.36. The van der Waals surface area contributed by atoms with Crippen molar-refractivity contribution in [1.29, 1.82) is 0 Å². The van der Waals surface area contributed by atoms with Crippen molar-refractivity contribution in [2.75, 3.05) is 18.4 Å². The lowest BCUT2D eigenvalue weighted by molar-refractivity contribution is -0.162. The van der Waals surface area contributed by atoms with Crippen LogP contribution in [0.2, 0.25) is 0 Å². The zero-order valence-electron chi connectivity index (χ0n) is 15.8. The molecule has 0 saturated carbocycles. The van der Waals surface area contributed by atoms with Crippen molar-refractivity contribution in [3.05, 3.63) is 65.5 Å². The van der Waals surface area contributed by atoms with E-state index in [1.54, 1.807) is 29.2 Å². The molecule has 2 heterocycles. The van der Waals surface area contributed by atoms with Crippen molar-refractivity contribution in [2.45, 2.75) is 31.3 Å². The molecular formula is C22H21FN2O4. The Labute approximate surface area is 167 Å². The number of carbonyl (C=O) groups excluding carboxylic acids is 3. The highest BCUT2D eigenvalue weighted by Crippen LogP contribution is 2.35. The van der Waals surface area contributed by atoms with E-state index >= 15 is 0 Å². The van der Waals surface area contributed by atoms with Crippen LogP contribution in [0.25, 0.3) is 0 Å². The SMILES string of the molecule is O=C1C[C@H](C(=O)O[C@H](C(=O)N2CCCC2)c2ccccc2)c2ccc(F)cc2N1. The average molecular weight is 396 g/mol. The van der Waals surface area contributed by atoms with Gasteiger partial charge in [0.1, 0.15) is 5.82 Å². The van der Waals surface area contributed by atoms with Crippen LogP contribution in [0, 0.1) is 5.82 Å². The molecule has 6 nitrogen and oxygen atoms in total. The number of ether oxygens (including phenoxy) is 1. The third-order valence-corrected chi connectivity index (χ3v) is 5.32. The monoisotopic (exact) mass is 396 g/mol. The Hall–Kier alpha value is -3.22. The van der Waals surface area contributed by atoms with Gasteiger partial charge in [-0.05, 0) is 30.5 Å². The van der Waals surface area contributed by atoms with E-state index in [1.165, 1.54) is 18.2 Å². The quantitative estimate of drug-likeness (QED) is 0.806. The molecule has 0 radical (unpaired) electrons. The number of hydrogen-bond donors (Lipinski definition) is 1. The molecule has 150 valence electrons. The van der Waals surface area contributed by atoms with E-state index in [-0.39, 0.29) is 18.0 Å². The number of carbonyl (C=O) groups is 3. The molecule has 1 fully saturated rings. The van der Waals surface area contributed by atoms with E-state index in [4.69, 9.17) is 4.74 Å². The number of benzene rings is 2. The summed E-state index contributed by atoms with van der Waals surface area (Å²) >= 11 is 0. The van der Waals surface area contributed by atoms with E-state index in [1.807, 2.05) is 6.07 Å². The van der Waals surface area contributed by atoms with Crippen molar-refractivity contribution in [1.82, 2.24) is 4.90 Å². The predicted molar refractivity (Wildman–Crippen MR) is 103 cm³/mol. The highest BCUT2D eigenvalue weighted by Gasteiger charge is 2.37. The van der Waals surface area contributed by atoms with Gasteiger partial charge in [-0.3, -0.25) is 14.4 Å². The molecule has 2 aliphatic rings. The van der Waals surface area contributed by atoms with Gasteiger partial charge in [-0.1, -0.05) is 36.4 Å². The first-order valence-corrected chi connectivity index (χ1v) is 9.66. The molecule has 4 rings (SSSR count). The van der Waals surface area contributed by atoms with Crippen LogP contribution in [0.15, 0.2) is 48.5 Å². The fourth-order valence-corrected chi connectivity index (χ4v) is 3.84. The number of likely N-dealkylation sites (tertiary alicyclic amines) is 1. The third kappa shape index (κ3) is 3.99. The van der Waals surface area contributed by atoms with Crippen LogP contribution in [0.1, 0.15) is 42.4 Å². The van der Waals surface area contributed by atoms with Gasteiger partial charge in [0.2, 0.25) is 12.0 Å². The number of halogens is 1. The first kappa shape index (κ1) is 19.1. The van der Waals surface area contributed by atoms with Crippen LogP contribution < -0.4 is 5.32 Å². The minimum atomic E-state index is -1.07. The minimum Gasteiger partial charge on any atom is -0.447 e. The minimum absolute atomic E-state index is 0.114. The topological polar surface area (TPSA) is 75.7 Å². The first-order chi connectivity index (χ1) is 14.0. The summed E-state index contributed by atoms with van der Waals surface area (Å²) in [5.74, 6) is -2.73. The van der Waals surface area contributed by atoms with E-state index in [2.05, 4.69) is 5.32 Å². The number of rotatable bonds is 4. The Morgan fingerprint density at radius 1 is 1.10 bits per heavy atom. The Morgan fingerprint density at radius 3 is 2.55 bits per heavy atom. The second-order valence-electron chi connectivity index (χ2n) is 7.30. The van der Waals surface area contributed by atoms with Gasteiger partial charge in [-0.25, -0.2) is 4.39 Å². The number of nitrogens with zero attached hydrogens (tertiary/aromatic N) is 1. The van der Waals surface area contributed by atoms with Crippen LogP contribution in [0.5, 0.6) is 0 Å². The average Bonchev–Trinajstić information content (AvgIpc) is 3.26. The van der Waals surface area contributed by atoms with Crippen molar-refractivity contribution >= 4 is 23.5 Å². The van der Waals surface area contributed by atoms with Gasteiger partial charge in [0.15, 0.2) is 0 Å². The highest BCUT2D eigenvalue weighted by atomic mass is 19.1. The fraction of sp³-hybridized carbons (Fsp3) is 0.318. The number of hydrogen-bond acceptors (Lipinski definition) is 4. The summed E-state index contributed by atoms with van der Waals surface area (Å²) in [4.78, 5) is 39.8. The predicted octanol–water partition coefficient (Wildman–Crippen LogP) is 3.16. The molecule has 2 aromatic rings. The number of fused-ring (bicyclic) bond motifs is 1. The Balaban J connectivity index is 1.62. The maximum absolute atomic E-state index is 13.5. The van der Waals surface area contributed by atoms with Gasteiger partial charge in [-0.15, -0.1) is 0 Å². The lowest BCUT2D eigenvalue weighted by atomic mass is 9.90. The number of esters is 1. The van der Waals surface area contributed by atoms with E-state index in [0.717, 1.165) is 12.8 Å². The largest absolute Gasteiger partial charge is 0.447 e. The van der Waals surface area contributed by atoms with Gasteiger partial charge in [0.25, 0.3) is 5.91 Å². The molecular weight excluding hydrogens is 375 g/mol. The van der Waals surface area contributed by atoms with Gasteiger partial charge >= 0.3 is 5.97 Å². The summed E-state index contributed by atoms with van der Waals surface area (Å²) in [6, 6.07) is 12.7. The van der Waals surface area contributed by atoms with Gasteiger partial charge < -0.3 is 15.0 Å². The summed E-state index contributed by atoms with van der Waals surface area (Å²) in [5.41, 5.74) is 1.32. The lowest BCUT2D eigenvalue weighted by Gasteiger charge is -2.28. The second-order valence-corrected chi connectivity index (χ2v) is 7.30. The first-order valence-electron chi connectivity index (χ1n) is 9.66. The second kappa shape index (κ2) is 8.03. The molecule has 2 aliphatic heterocycles. The fourth-order valence-electron chi connectivity index (χ4n) is 3.84. The molecule has 0 aliphatic carbocycles. The smallest absolute Gasteiger partial charge is 0.315 e. The van der Waals surface area contributed by atoms with Gasteiger partial charge in [0, 0.05) is 30.8 Å². The molecule has 2 amide bonds. The zero-order chi connectivity index (χ0) is 20.4. The molecule has 2 aromatic carbocycles. The summed E-state index contributed by atoms with van der Waals surface area (Å²) in [6.07, 6.45) is 0.652. The molecule has 0 bridgehead atoms. The molecule has 29 heavy (non-hydrogen) atoms. The normalized spacial score (nSPS) is 19.3. The third-order valence-electron chi connectivity index (χ3n) is 5.32. The van der Waals surface area contributed by atoms with Crippen LogP contribution in [0.4, 0.5) is 10.1 Å². The molecule has 7 heteroatoms. The summed E-state index contributed by atoms with van der Waals surface area (Å²) in [5, 5.41) is 2.58. The Kier molecular flexibility index (Phi) is 5.29. The number of nitrogens with one attached hydrogen (secondary N) is 1. The number of anilines is 1. The summed E-state index contributed by atoms with van der Waals surface area (Å²) in [7, 11) is 0. The van der Waals surface area contributed by atoms with Crippen LogP contribution in [-0.4, -0.2) is 35.8 Å². The van der Waals surface area contributed by atoms with E-state index in [9.17, 15) is 18.8 Å². The van der Waals surface area contributed by atoms with Crippen molar-refractivity contribution in [3.8, 4) is 0 Å². The van der Waals surface area contributed by atoms with Crippen LogP contribution in [-0.2, 0) is 19.1 Å². The molecule has 0 unspecified atom stereocenters. The standard InChI is InChI=1S/C22H21FN2O4/c23-15-8-9-16-17(13-19(26)24-18(16)12-15)22(28)29-20(14-6-2-1-3-7-14)21(27)25-10-4-5-11-25/h1-3,6-9,12,17,20H,4-5,10-11,13H2,(H,24,26)/t17-,20-/m0/s1. The molecule has 1 N–H and O–H groups in total. The summed E-state index contributed by atoms with van der Waals surface area (Å²) in [6.45, 7) is 1.27. The summed E-state index contributed by atoms with van der Waals surface area (Å²) < 4.78 is 19.2. The van der Waals surface area contributed by atoms with Gasteiger partial charge in [0.05, 0.1) is 5.92 Å². The zero-order valence-corrected chi connectivity index (χ0v) is 15.8. The van der Waals surface area contributed by atoms with Gasteiger partial charge in [-0.2, -0.15) is 0 Å². The van der Waals surface area contributed by atoms with Crippen LogP contribution in [0.3, 0.4) is 0 Å². The molecule has 0 spiro atoms. The molecule has 0 aromatic heterocycles. The Bertz CT molecular complexity index is 941.